The molecule has 134 valence electrons. The summed E-state index contributed by atoms with van der Waals surface area (Å²) in [6.07, 6.45) is 0. The minimum Gasteiger partial charge on any atom is -0.489 e. The van der Waals surface area contributed by atoms with Crippen LogP contribution < -0.4 is 9.47 Å². The molecule has 0 aliphatic heterocycles. The summed E-state index contributed by atoms with van der Waals surface area (Å²) in [4.78, 5) is 11.8. The summed E-state index contributed by atoms with van der Waals surface area (Å²) in [7, 11) is 0. The molecule has 4 heteroatoms. The van der Waals surface area contributed by atoms with Crippen LogP contribution in [0.3, 0.4) is 0 Å². The average Bonchev–Trinajstić information content (AvgIpc) is 2.97. The zero-order valence-electron chi connectivity index (χ0n) is 15.6. The van der Waals surface area contributed by atoms with Crippen LogP contribution in [-0.2, 0) is 4.79 Å². The van der Waals surface area contributed by atoms with E-state index in [-0.39, 0.29) is 0 Å². The maximum Gasteiger partial charge on any atom is 0.338 e. The maximum atomic E-state index is 11.8. The molecule has 26 heavy (non-hydrogen) atoms. The van der Waals surface area contributed by atoms with Gasteiger partial charge in [0.15, 0.2) is 0 Å². The SMILES string of the molecule is C=C(C)COc1ccc2c(oc3c(C)c(OC(=O)C(=C)C)ccc32)c1C. The Balaban J connectivity index is 2.10. The molecule has 0 N–H and O–H groups in total. The first-order valence-electron chi connectivity index (χ1n) is 8.40. The fraction of sp³-hybridized carbons (Fsp3) is 0.227. The summed E-state index contributed by atoms with van der Waals surface area (Å²) in [5.74, 6) is 0.794. The lowest BCUT2D eigenvalue weighted by Crippen LogP contribution is -2.08. The molecule has 0 amide bonds. The van der Waals surface area contributed by atoms with Crippen LogP contribution in [0.2, 0.25) is 0 Å². The van der Waals surface area contributed by atoms with Gasteiger partial charge < -0.3 is 13.9 Å². The summed E-state index contributed by atoms with van der Waals surface area (Å²) in [6, 6.07) is 7.62. The number of ether oxygens (including phenoxy) is 2. The Hall–Kier alpha value is -3.01. The first-order chi connectivity index (χ1) is 12.3. The Morgan fingerprint density at radius 2 is 1.50 bits per heavy atom. The third-order valence-corrected chi connectivity index (χ3v) is 4.23. The topological polar surface area (TPSA) is 48.7 Å². The van der Waals surface area contributed by atoms with Gasteiger partial charge in [0.05, 0.1) is 0 Å². The van der Waals surface area contributed by atoms with Crippen molar-refractivity contribution in [3.8, 4) is 11.5 Å². The maximum absolute atomic E-state index is 11.8. The number of carbonyl (C=O) groups excluding carboxylic acids is 1. The van der Waals surface area contributed by atoms with E-state index in [1.54, 1.807) is 13.0 Å². The Morgan fingerprint density at radius 3 is 2.04 bits per heavy atom. The van der Waals surface area contributed by atoms with Crippen LogP contribution in [-0.4, -0.2) is 12.6 Å². The number of carbonyl (C=O) groups is 1. The third-order valence-electron chi connectivity index (χ3n) is 4.23. The van der Waals surface area contributed by atoms with Crippen molar-refractivity contribution in [2.45, 2.75) is 27.7 Å². The lowest BCUT2D eigenvalue weighted by Gasteiger charge is -2.08. The predicted octanol–water partition coefficient (Wildman–Crippen LogP) is 5.64. The van der Waals surface area contributed by atoms with Gasteiger partial charge in [-0.3, -0.25) is 0 Å². The highest BCUT2D eigenvalue weighted by atomic mass is 16.5. The fourth-order valence-electron chi connectivity index (χ4n) is 2.79. The van der Waals surface area contributed by atoms with E-state index >= 15 is 0 Å². The summed E-state index contributed by atoms with van der Waals surface area (Å²) in [6.45, 7) is 15.3. The number of furan rings is 1. The molecule has 0 bridgehead atoms. The van der Waals surface area contributed by atoms with Crippen molar-refractivity contribution in [3.63, 3.8) is 0 Å². The molecule has 0 unspecified atom stereocenters. The van der Waals surface area contributed by atoms with Crippen molar-refractivity contribution in [1.82, 2.24) is 0 Å². The van der Waals surface area contributed by atoms with Crippen molar-refractivity contribution >= 4 is 27.9 Å². The third kappa shape index (κ3) is 3.10. The van der Waals surface area contributed by atoms with E-state index in [0.29, 0.717) is 23.5 Å². The summed E-state index contributed by atoms with van der Waals surface area (Å²) < 4.78 is 17.3. The van der Waals surface area contributed by atoms with Gasteiger partial charge in [-0.25, -0.2) is 4.79 Å². The summed E-state index contributed by atoms with van der Waals surface area (Å²) in [5.41, 5.74) is 4.48. The van der Waals surface area contributed by atoms with Crippen molar-refractivity contribution < 1.29 is 18.7 Å². The Morgan fingerprint density at radius 1 is 0.962 bits per heavy atom. The van der Waals surface area contributed by atoms with Crippen LogP contribution in [0.1, 0.15) is 25.0 Å². The van der Waals surface area contributed by atoms with Gasteiger partial charge >= 0.3 is 5.97 Å². The molecule has 0 fully saturated rings. The lowest BCUT2D eigenvalue weighted by atomic mass is 10.1. The monoisotopic (exact) mass is 350 g/mol. The number of benzene rings is 2. The molecule has 0 aliphatic carbocycles. The van der Waals surface area contributed by atoms with Gasteiger partial charge in [0.25, 0.3) is 0 Å². The van der Waals surface area contributed by atoms with Crippen LogP contribution in [0.15, 0.2) is 53.0 Å². The molecular formula is C22H22O4. The number of aryl methyl sites for hydroxylation is 2. The highest BCUT2D eigenvalue weighted by Crippen LogP contribution is 2.38. The fourth-order valence-corrected chi connectivity index (χ4v) is 2.79. The van der Waals surface area contributed by atoms with Crippen LogP contribution in [0.4, 0.5) is 0 Å². The second-order valence-electron chi connectivity index (χ2n) is 6.65. The van der Waals surface area contributed by atoms with E-state index in [9.17, 15) is 4.79 Å². The second kappa shape index (κ2) is 6.71. The van der Waals surface area contributed by atoms with E-state index in [1.807, 2.05) is 39.0 Å². The van der Waals surface area contributed by atoms with Gasteiger partial charge in [0.2, 0.25) is 0 Å². The standard InChI is InChI=1S/C22H22O4/c1-12(2)11-24-18-9-7-16-17-8-10-19(25-22(23)13(3)4)15(6)21(17)26-20(16)14(18)5/h7-10H,1,3,11H2,2,4-6H3. The van der Waals surface area contributed by atoms with Gasteiger partial charge in [-0.2, -0.15) is 0 Å². The number of rotatable bonds is 5. The minimum atomic E-state index is -0.449. The van der Waals surface area contributed by atoms with E-state index in [1.165, 1.54) is 0 Å². The average molecular weight is 350 g/mol. The number of hydrogen-bond donors (Lipinski definition) is 0. The van der Waals surface area contributed by atoms with Crippen molar-refractivity contribution in [2.24, 2.45) is 0 Å². The zero-order valence-corrected chi connectivity index (χ0v) is 15.6. The van der Waals surface area contributed by atoms with Gasteiger partial charge in [0.1, 0.15) is 29.3 Å². The van der Waals surface area contributed by atoms with Gasteiger partial charge in [0, 0.05) is 27.5 Å². The second-order valence-corrected chi connectivity index (χ2v) is 6.65. The van der Waals surface area contributed by atoms with Crippen molar-refractivity contribution in [1.29, 1.82) is 0 Å². The number of fused-ring (bicyclic) bond motifs is 3. The van der Waals surface area contributed by atoms with Gasteiger partial charge in [-0.1, -0.05) is 13.2 Å². The van der Waals surface area contributed by atoms with Gasteiger partial charge in [-0.05, 0) is 57.5 Å². The van der Waals surface area contributed by atoms with Crippen LogP contribution in [0, 0.1) is 13.8 Å². The molecule has 0 radical (unpaired) electrons. The molecule has 3 rings (SSSR count). The van der Waals surface area contributed by atoms with Crippen LogP contribution in [0.5, 0.6) is 11.5 Å². The van der Waals surface area contributed by atoms with E-state index in [0.717, 1.165) is 38.8 Å². The minimum absolute atomic E-state index is 0.351. The molecule has 1 aromatic heterocycles. The molecule has 4 nitrogen and oxygen atoms in total. The Bertz CT molecular complexity index is 1050. The zero-order chi connectivity index (χ0) is 19.0. The van der Waals surface area contributed by atoms with Crippen molar-refractivity contribution in [3.05, 3.63) is 59.7 Å². The number of esters is 1. The number of hydrogen-bond acceptors (Lipinski definition) is 4. The van der Waals surface area contributed by atoms with Crippen LogP contribution >= 0.6 is 0 Å². The normalized spacial score (nSPS) is 10.9. The van der Waals surface area contributed by atoms with E-state index < -0.39 is 5.97 Å². The van der Waals surface area contributed by atoms with Crippen molar-refractivity contribution in [2.75, 3.05) is 6.61 Å². The van der Waals surface area contributed by atoms with Crippen LogP contribution in [0.25, 0.3) is 21.9 Å². The molecule has 0 saturated carbocycles. The Kier molecular flexibility index (Phi) is 4.60. The molecule has 1 heterocycles. The molecule has 0 spiro atoms. The Labute approximate surface area is 152 Å². The predicted molar refractivity (Wildman–Crippen MR) is 104 cm³/mol. The highest BCUT2D eigenvalue weighted by Gasteiger charge is 2.17. The summed E-state index contributed by atoms with van der Waals surface area (Å²) in [5, 5.41) is 1.98. The quantitative estimate of drug-likeness (QED) is 0.259. The first-order valence-corrected chi connectivity index (χ1v) is 8.40. The largest absolute Gasteiger partial charge is 0.489 e. The molecule has 3 aromatic rings. The molecule has 0 atom stereocenters. The smallest absolute Gasteiger partial charge is 0.338 e. The molecule has 0 aliphatic rings. The molecule has 2 aromatic carbocycles. The van der Waals surface area contributed by atoms with E-state index in [4.69, 9.17) is 13.9 Å². The van der Waals surface area contributed by atoms with Gasteiger partial charge in [-0.15, -0.1) is 0 Å². The summed E-state index contributed by atoms with van der Waals surface area (Å²) >= 11 is 0. The lowest BCUT2D eigenvalue weighted by molar-refractivity contribution is -0.130. The molecular weight excluding hydrogens is 328 g/mol. The highest BCUT2D eigenvalue weighted by molar-refractivity contribution is 6.08. The first kappa shape index (κ1) is 17.8. The van der Waals surface area contributed by atoms with E-state index in [2.05, 4.69) is 13.2 Å². The molecule has 0 saturated heterocycles.